The molecule has 1 heterocycles. The van der Waals surface area contributed by atoms with E-state index in [2.05, 4.69) is 48.4 Å². The molecule has 1 fully saturated rings. The van der Waals surface area contributed by atoms with Gasteiger partial charge in [-0.2, -0.15) is 0 Å². The number of hydrogen-bond donors (Lipinski definition) is 0. The molecule has 2 nitrogen and oxygen atoms in total. The van der Waals surface area contributed by atoms with Crippen LogP contribution in [0, 0.1) is 6.92 Å². The molecule has 18 heavy (non-hydrogen) atoms. The van der Waals surface area contributed by atoms with Gasteiger partial charge in [0.05, 0.1) is 6.67 Å². The molecule has 0 aromatic heterocycles. The Hall–Kier alpha value is -1.28. The van der Waals surface area contributed by atoms with Gasteiger partial charge in [0.15, 0.2) is 0 Å². The van der Waals surface area contributed by atoms with E-state index in [0.717, 1.165) is 32.6 Å². The van der Waals surface area contributed by atoms with E-state index in [1.54, 1.807) is 0 Å². The summed E-state index contributed by atoms with van der Waals surface area (Å²) in [6.45, 7) is 12.7. The van der Waals surface area contributed by atoms with E-state index in [1.165, 1.54) is 23.2 Å². The van der Waals surface area contributed by atoms with Gasteiger partial charge in [-0.3, -0.25) is 4.90 Å². The van der Waals surface area contributed by atoms with Crippen LogP contribution in [-0.4, -0.2) is 36.1 Å². The van der Waals surface area contributed by atoms with Crippen molar-refractivity contribution in [3.8, 4) is 0 Å². The van der Waals surface area contributed by atoms with Crippen molar-refractivity contribution >= 4 is 0 Å². The second-order valence-corrected chi connectivity index (χ2v) is 5.12. The molecule has 1 aromatic carbocycles. The van der Waals surface area contributed by atoms with Crippen molar-refractivity contribution in [3.05, 3.63) is 47.7 Å². The fourth-order valence-corrected chi connectivity index (χ4v) is 2.55. The van der Waals surface area contributed by atoms with Crippen LogP contribution in [0.15, 0.2) is 31.0 Å². The van der Waals surface area contributed by atoms with Crippen molar-refractivity contribution in [1.29, 1.82) is 0 Å². The zero-order chi connectivity index (χ0) is 13.0. The quantitative estimate of drug-likeness (QED) is 0.786. The van der Waals surface area contributed by atoms with Crippen molar-refractivity contribution in [2.24, 2.45) is 0 Å². The van der Waals surface area contributed by atoms with E-state index >= 15 is 0 Å². The maximum absolute atomic E-state index is 3.83. The Morgan fingerprint density at radius 2 is 2.17 bits per heavy atom. The van der Waals surface area contributed by atoms with Crippen LogP contribution < -0.4 is 0 Å². The Balaban J connectivity index is 1.88. The van der Waals surface area contributed by atoms with Crippen LogP contribution in [0.25, 0.3) is 0 Å². The molecule has 0 amide bonds. The van der Waals surface area contributed by atoms with Crippen molar-refractivity contribution in [2.75, 3.05) is 26.3 Å². The van der Waals surface area contributed by atoms with E-state index in [1.807, 2.05) is 6.20 Å². The Morgan fingerprint density at radius 3 is 2.83 bits per heavy atom. The first-order valence-corrected chi connectivity index (χ1v) is 6.90. The second-order valence-electron chi connectivity index (χ2n) is 5.12. The maximum Gasteiger partial charge on any atom is 0.0702 e. The molecule has 0 unspecified atom stereocenters. The zero-order valence-electron chi connectivity index (χ0n) is 11.7. The maximum atomic E-state index is 3.83. The minimum absolute atomic E-state index is 1.04. The van der Waals surface area contributed by atoms with E-state index in [9.17, 15) is 0 Å². The summed E-state index contributed by atoms with van der Waals surface area (Å²) in [4.78, 5) is 4.76. The zero-order valence-corrected chi connectivity index (χ0v) is 11.7. The highest BCUT2D eigenvalue weighted by molar-refractivity contribution is 5.31. The molecule has 0 radical (unpaired) electrons. The summed E-state index contributed by atoms with van der Waals surface area (Å²) in [5, 5.41) is 0. The summed E-state index contributed by atoms with van der Waals surface area (Å²) in [5.41, 5.74) is 4.37. The third kappa shape index (κ3) is 3.14. The van der Waals surface area contributed by atoms with Gasteiger partial charge in [0, 0.05) is 19.6 Å². The molecule has 0 aliphatic carbocycles. The fourth-order valence-electron chi connectivity index (χ4n) is 2.55. The van der Waals surface area contributed by atoms with Crippen LogP contribution in [0.3, 0.4) is 0 Å². The molecule has 2 rings (SSSR count). The molecular weight excluding hydrogens is 220 g/mol. The predicted molar refractivity (Wildman–Crippen MR) is 77.6 cm³/mol. The van der Waals surface area contributed by atoms with E-state index < -0.39 is 0 Å². The van der Waals surface area contributed by atoms with Crippen molar-refractivity contribution < 1.29 is 0 Å². The van der Waals surface area contributed by atoms with Crippen LogP contribution in [0.2, 0.25) is 0 Å². The lowest BCUT2D eigenvalue weighted by Crippen LogP contribution is -2.25. The fraction of sp³-hybridized carbons (Fsp3) is 0.500. The number of nitrogens with zero attached hydrogens (tertiary/aromatic N) is 2. The third-order valence-electron chi connectivity index (χ3n) is 3.85. The van der Waals surface area contributed by atoms with Gasteiger partial charge in [-0.25, -0.2) is 0 Å². The predicted octanol–water partition coefficient (Wildman–Crippen LogP) is 2.82. The van der Waals surface area contributed by atoms with Crippen molar-refractivity contribution in [3.63, 3.8) is 0 Å². The lowest BCUT2D eigenvalue weighted by molar-refractivity contribution is 0.293. The molecule has 2 heteroatoms. The Labute approximate surface area is 111 Å². The summed E-state index contributed by atoms with van der Waals surface area (Å²) in [6, 6.07) is 6.90. The second kappa shape index (κ2) is 6.05. The molecule has 0 atom stereocenters. The number of benzene rings is 1. The summed E-state index contributed by atoms with van der Waals surface area (Å²) in [6.07, 6.45) is 4.23. The van der Waals surface area contributed by atoms with Gasteiger partial charge in [-0.05, 0) is 42.7 Å². The number of rotatable bonds is 5. The van der Waals surface area contributed by atoms with Crippen molar-refractivity contribution in [2.45, 2.75) is 26.7 Å². The molecule has 98 valence electrons. The van der Waals surface area contributed by atoms with E-state index in [4.69, 9.17) is 0 Å². The van der Waals surface area contributed by atoms with E-state index in [0.29, 0.717) is 0 Å². The van der Waals surface area contributed by atoms with Crippen LogP contribution in [-0.2, 0) is 12.8 Å². The Morgan fingerprint density at radius 1 is 1.33 bits per heavy atom. The summed E-state index contributed by atoms with van der Waals surface area (Å²) in [7, 11) is 0. The first-order chi connectivity index (χ1) is 8.72. The normalized spacial score (nSPS) is 16.2. The topological polar surface area (TPSA) is 6.48 Å². The van der Waals surface area contributed by atoms with Gasteiger partial charge >= 0.3 is 0 Å². The van der Waals surface area contributed by atoms with Gasteiger partial charge in [-0.1, -0.05) is 31.7 Å². The number of hydrogen-bond acceptors (Lipinski definition) is 2. The molecule has 0 N–H and O–H groups in total. The molecule has 1 aliphatic rings. The lowest BCUT2D eigenvalue weighted by Gasteiger charge is -2.16. The highest BCUT2D eigenvalue weighted by Gasteiger charge is 2.15. The van der Waals surface area contributed by atoms with Gasteiger partial charge in [0.1, 0.15) is 0 Å². The van der Waals surface area contributed by atoms with Gasteiger partial charge in [0.25, 0.3) is 0 Å². The standard InChI is InChI=1S/C16H24N2/c1-4-16-12-15(7-6-14(16)3)8-9-18-11-10-17(5-2)13-18/h5-7,12H,2,4,8-11,13H2,1,3H3. The van der Waals surface area contributed by atoms with Gasteiger partial charge < -0.3 is 4.90 Å². The first kappa shape index (κ1) is 13.2. The van der Waals surface area contributed by atoms with E-state index in [-0.39, 0.29) is 0 Å². The molecule has 0 saturated carbocycles. The average Bonchev–Trinajstić information content (AvgIpc) is 2.86. The molecule has 0 bridgehead atoms. The highest BCUT2D eigenvalue weighted by atomic mass is 15.4. The highest BCUT2D eigenvalue weighted by Crippen LogP contribution is 2.13. The van der Waals surface area contributed by atoms with Crippen LogP contribution in [0.5, 0.6) is 0 Å². The lowest BCUT2D eigenvalue weighted by atomic mass is 10.0. The first-order valence-electron chi connectivity index (χ1n) is 6.90. The summed E-state index contributed by atoms with van der Waals surface area (Å²) >= 11 is 0. The Kier molecular flexibility index (Phi) is 4.43. The molecule has 0 spiro atoms. The van der Waals surface area contributed by atoms with Crippen LogP contribution in [0.4, 0.5) is 0 Å². The average molecular weight is 244 g/mol. The summed E-state index contributed by atoms with van der Waals surface area (Å²) in [5.74, 6) is 0. The van der Waals surface area contributed by atoms with Crippen molar-refractivity contribution in [1.82, 2.24) is 9.80 Å². The largest absolute Gasteiger partial charge is 0.364 e. The monoisotopic (exact) mass is 244 g/mol. The SMILES string of the molecule is C=CN1CCN(CCc2ccc(C)c(CC)c2)C1. The Bertz CT molecular complexity index is 412. The van der Waals surface area contributed by atoms with Gasteiger partial charge in [-0.15, -0.1) is 0 Å². The van der Waals surface area contributed by atoms with Crippen LogP contribution in [0.1, 0.15) is 23.6 Å². The third-order valence-corrected chi connectivity index (χ3v) is 3.85. The van der Waals surface area contributed by atoms with Crippen LogP contribution >= 0.6 is 0 Å². The molecule has 1 saturated heterocycles. The number of aryl methyl sites for hydroxylation is 2. The van der Waals surface area contributed by atoms with Gasteiger partial charge in [0.2, 0.25) is 0 Å². The minimum Gasteiger partial charge on any atom is -0.364 e. The molecule has 1 aromatic rings. The summed E-state index contributed by atoms with van der Waals surface area (Å²) < 4.78 is 0. The molecular formula is C16H24N2. The molecule has 1 aliphatic heterocycles. The minimum atomic E-state index is 1.04. The smallest absolute Gasteiger partial charge is 0.0702 e.